The summed E-state index contributed by atoms with van der Waals surface area (Å²) in [6.45, 7) is 8.97. The minimum Gasteiger partial charge on any atom is -0.340 e. The fraction of sp³-hybridized carbons (Fsp3) is 0.647. The molecule has 1 aromatic heterocycles. The lowest BCUT2D eigenvalue weighted by Gasteiger charge is -2.36. The number of amides is 2. The Balaban J connectivity index is 1.49. The summed E-state index contributed by atoms with van der Waals surface area (Å²) in [7, 11) is 0. The van der Waals surface area contributed by atoms with Gasteiger partial charge in [0.15, 0.2) is 0 Å². The maximum Gasteiger partial charge on any atom is 0.233 e. The Labute approximate surface area is 152 Å². The van der Waals surface area contributed by atoms with Gasteiger partial charge in [0.25, 0.3) is 0 Å². The first kappa shape index (κ1) is 17.8. The first-order valence-electron chi connectivity index (χ1n) is 8.52. The zero-order valence-electron chi connectivity index (χ0n) is 14.3. The second-order valence-electron chi connectivity index (χ2n) is 6.59. The smallest absolute Gasteiger partial charge is 0.233 e. The summed E-state index contributed by atoms with van der Waals surface area (Å²) in [5, 5.41) is 2.25. The number of rotatable bonds is 5. The van der Waals surface area contributed by atoms with Crippen LogP contribution in [0.25, 0.3) is 0 Å². The summed E-state index contributed by atoms with van der Waals surface area (Å²) < 4.78 is 0. The molecule has 0 N–H and O–H groups in total. The third-order valence-corrected chi connectivity index (χ3v) is 6.90. The molecule has 0 aromatic carbocycles. The predicted octanol–water partition coefficient (Wildman–Crippen LogP) is 2.12. The zero-order chi connectivity index (χ0) is 17.1. The summed E-state index contributed by atoms with van der Waals surface area (Å²) in [5.74, 6) is 1.15. The van der Waals surface area contributed by atoms with E-state index in [9.17, 15) is 9.59 Å². The van der Waals surface area contributed by atoms with Gasteiger partial charge in [0.2, 0.25) is 11.8 Å². The Morgan fingerprint density at radius 1 is 1.25 bits per heavy atom. The fourth-order valence-corrected chi connectivity index (χ4v) is 5.37. The van der Waals surface area contributed by atoms with Crippen LogP contribution in [0.3, 0.4) is 0 Å². The van der Waals surface area contributed by atoms with E-state index in [2.05, 4.69) is 16.3 Å². The van der Waals surface area contributed by atoms with Crippen molar-refractivity contribution < 1.29 is 9.59 Å². The lowest BCUT2D eigenvalue weighted by molar-refractivity contribution is -0.136. The summed E-state index contributed by atoms with van der Waals surface area (Å²) in [6.07, 6.45) is 0. The molecular weight excluding hydrogens is 342 g/mol. The molecule has 2 saturated heterocycles. The molecule has 0 bridgehead atoms. The van der Waals surface area contributed by atoms with Gasteiger partial charge in [-0.15, -0.1) is 23.1 Å². The van der Waals surface area contributed by atoms with Crippen LogP contribution in [0.2, 0.25) is 0 Å². The Kier molecular flexibility index (Phi) is 5.84. The Bertz CT molecular complexity index is 568. The third-order valence-electron chi connectivity index (χ3n) is 4.59. The normalized spacial score (nSPS) is 22.6. The molecule has 0 radical (unpaired) electrons. The molecule has 24 heavy (non-hydrogen) atoms. The molecule has 5 nitrogen and oxygen atoms in total. The van der Waals surface area contributed by atoms with Gasteiger partial charge in [-0.25, -0.2) is 0 Å². The van der Waals surface area contributed by atoms with E-state index in [1.165, 1.54) is 4.88 Å². The van der Waals surface area contributed by atoms with Gasteiger partial charge in [0, 0.05) is 50.1 Å². The average molecular weight is 368 g/mol. The van der Waals surface area contributed by atoms with Crippen molar-refractivity contribution in [3.05, 3.63) is 22.4 Å². The second-order valence-corrected chi connectivity index (χ2v) is 8.64. The Morgan fingerprint density at radius 2 is 2.00 bits per heavy atom. The first-order valence-corrected chi connectivity index (χ1v) is 10.4. The van der Waals surface area contributed by atoms with Gasteiger partial charge in [-0.3, -0.25) is 14.5 Å². The maximum atomic E-state index is 12.2. The largest absolute Gasteiger partial charge is 0.340 e. The van der Waals surface area contributed by atoms with Crippen LogP contribution in [-0.2, 0) is 9.59 Å². The number of hydrogen-bond donors (Lipinski definition) is 0. The van der Waals surface area contributed by atoms with Crippen molar-refractivity contribution in [2.45, 2.75) is 19.2 Å². The molecular formula is C17H25N3O2S2. The standard InChI is InChI=1S/C17H25N3O2S2/c1-13(2)16(22)19-8-5-18(6-9-19)7-10-20-15(21)12-24-17(20)14-4-3-11-23-14/h3-4,11,13,17H,5-10,12H2,1-2H3/t17-/m0/s1. The third kappa shape index (κ3) is 3.95. The minimum absolute atomic E-state index is 0.0716. The molecule has 2 aliphatic rings. The van der Waals surface area contributed by atoms with Crippen LogP contribution in [0.5, 0.6) is 0 Å². The first-order chi connectivity index (χ1) is 11.6. The van der Waals surface area contributed by atoms with E-state index in [0.29, 0.717) is 5.75 Å². The molecule has 7 heteroatoms. The quantitative estimate of drug-likeness (QED) is 0.800. The summed E-state index contributed by atoms with van der Waals surface area (Å²) >= 11 is 3.45. The van der Waals surface area contributed by atoms with Crippen molar-refractivity contribution in [1.82, 2.24) is 14.7 Å². The average Bonchev–Trinajstić information content (AvgIpc) is 3.22. The van der Waals surface area contributed by atoms with Crippen LogP contribution in [0.15, 0.2) is 17.5 Å². The number of carbonyl (C=O) groups is 2. The maximum absolute atomic E-state index is 12.2. The van der Waals surface area contributed by atoms with E-state index in [1.54, 1.807) is 23.1 Å². The molecule has 1 atom stereocenters. The minimum atomic E-state index is 0.0716. The van der Waals surface area contributed by atoms with Crippen molar-refractivity contribution in [2.24, 2.45) is 5.92 Å². The van der Waals surface area contributed by atoms with Gasteiger partial charge in [0.1, 0.15) is 5.37 Å². The van der Waals surface area contributed by atoms with Crippen molar-refractivity contribution in [3.8, 4) is 0 Å². The van der Waals surface area contributed by atoms with E-state index in [0.717, 1.165) is 39.3 Å². The van der Waals surface area contributed by atoms with E-state index < -0.39 is 0 Å². The van der Waals surface area contributed by atoms with E-state index in [1.807, 2.05) is 29.7 Å². The lowest BCUT2D eigenvalue weighted by Crippen LogP contribution is -2.51. The summed E-state index contributed by atoms with van der Waals surface area (Å²) in [6, 6.07) is 4.16. The molecule has 0 aliphatic carbocycles. The molecule has 1 aromatic rings. The van der Waals surface area contributed by atoms with Crippen molar-refractivity contribution in [2.75, 3.05) is 45.0 Å². The number of carbonyl (C=O) groups excluding carboxylic acids is 2. The number of hydrogen-bond acceptors (Lipinski definition) is 5. The van der Waals surface area contributed by atoms with E-state index >= 15 is 0 Å². The van der Waals surface area contributed by atoms with Gasteiger partial charge in [-0.2, -0.15) is 0 Å². The topological polar surface area (TPSA) is 43.9 Å². The second kappa shape index (κ2) is 7.89. The van der Waals surface area contributed by atoms with Crippen LogP contribution < -0.4 is 0 Å². The Hall–Kier alpha value is -1.05. The van der Waals surface area contributed by atoms with E-state index in [-0.39, 0.29) is 23.1 Å². The highest BCUT2D eigenvalue weighted by atomic mass is 32.2. The molecule has 0 unspecified atom stereocenters. The van der Waals surface area contributed by atoms with Crippen molar-refractivity contribution in [1.29, 1.82) is 0 Å². The number of thioether (sulfide) groups is 1. The SMILES string of the molecule is CC(C)C(=O)N1CCN(CCN2C(=O)CS[C@H]2c2cccs2)CC1. The molecule has 0 saturated carbocycles. The van der Waals surface area contributed by atoms with Gasteiger partial charge in [0.05, 0.1) is 5.75 Å². The van der Waals surface area contributed by atoms with Crippen LogP contribution >= 0.6 is 23.1 Å². The van der Waals surface area contributed by atoms with Gasteiger partial charge in [-0.05, 0) is 11.4 Å². The van der Waals surface area contributed by atoms with Gasteiger partial charge >= 0.3 is 0 Å². The highest BCUT2D eigenvalue weighted by Crippen LogP contribution is 2.40. The molecule has 0 spiro atoms. The number of piperazine rings is 1. The van der Waals surface area contributed by atoms with Gasteiger partial charge < -0.3 is 9.80 Å². The van der Waals surface area contributed by atoms with Crippen molar-refractivity contribution >= 4 is 34.9 Å². The highest BCUT2D eigenvalue weighted by molar-refractivity contribution is 8.00. The van der Waals surface area contributed by atoms with E-state index in [4.69, 9.17) is 0 Å². The monoisotopic (exact) mass is 367 g/mol. The molecule has 2 amide bonds. The Morgan fingerprint density at radius 3 is 2.62 bits per heavy atom. The molecule has 2 fully saturated rings. The highest BCUT2D eigenvalue weighted by Gasteiger charge is 2.33. The molecule has 3 heterocycles. The van der Waals surface area contributed by atoms with Crippen LogP contribution in [0.4, 0.5) is 0 Å². The van der Waals surface area contributed by atoms with Gasteiger partial charge in [-0.1, -0.05) is 19.9 Å². The fourth-order valence-electron chi connectivity index (χ4n) is 3.17. The van der Waals surface area contributed by atoms with Crippen LogP contribution in [0, 0.1) is 5.92 Å². The van der Waals surface area contributed by atoms with Crippen LogP contribution in [-0.4, -0.2) is 71.5 Å². The predicted molar refractivity (Wildman–Crippen MR) is 99.1 cm³/mol. The molecule has 3 rings (SSSR count). The lowest BCUT2D eigenvalue weighted by atomic mass is 10.1. The molecule has 132 valence electrons. The van der Waals surface area contributed by atoms with Crippen molar-refractivity contribution in [3.63, 3.8) is 0 Å². The zero-order valence-corrected chi connectivity index (χ0v) is 15.9. The summed E-state index contributed by atoms with van der Waals surface area (Å²) in [4.78, 5) is 31.9. The summed E-state index contributed by atoms with van der Waals surface area (Å²) in [5.41, 5.74) is 0. The number of thiophene rings is 1. The number of nitrogens with zero attached hydrogens (tertiary/aromatic N) is 3. The van der Waals surface area contributed by atoms with Crippen LogP contribution in [0.1, 0.15) is 24.1 Å². The molecule has 2 aliphatic heterocycles.